The molecule has 3 heterocycles. The minimum Gasteiger partial charge on any atom is -0.475 e. The first-order valence-electron chi connectivity index (χ1n) is 9.80. The highest BCUT2D eigenvalue weighted by Gasteiger charge is 2.38. The van der Waals surface area contributed by atoms with Gasteiger partial charge in [-0.25, -0.2) is 4.79 Å². The zero-order valence-electron chi connectivity index (χ0n) is 17.2. The molecule has 2 N–H and O–H groups in total. The largest absolute Gasteiger partial charge is 0.490 e. The lowest BCUT2D eigenvalue weighted by atomic mass is 10.0. The fourth-order valence-electron chi connectivity index (χ4n) is 3.71. The second-order valence-corrected chi connectivity index (χ2v) is 7.28. The van der Waals surface area contributed by atoms with E-state index in [2.05, 4.69) is 9.97 Å². The standard InChI is InChI=1S/C20H21N3O2.C2HF3O2/c1-25-19-7-10-23(18(19)11-14-3-2-8-21-13-14)20(24)16-4-5-17-15(12-16)6-9-22-17;3-2(4,5)1(6)7/h2-6,8-9,12-13,18-19,22H,7,10-11H2,1H3;(H,6,7)/t18-,19+;/m0./s1. The number of carboxylic acid groups (broad SMARTS) is 1. The monoisotopic (exact) mass is 449 g/mol. The van der Waals surface area contributed by atoms with Gasteiger partial charge >= 0.3 is 12.1 Å². The van der Waals surface area contributed by atoms with E-state index in [9.17, 15) is 18.0 Å². The van der Waals surface area contributed by atoms with Crippen LogP contribution in [0.2, 0.25) is 0 Å². The zero-order valence-corrected chi connectivity index (χ0v) is 17.2. The molecule has 1 aromatic carbocycles. The van der Waals surface area contributed by atoms with Crippen LogP contribution in [0.5, 0.6) is 0 Å². The van der Waals surface area contributed by atoms with E-state index < -0.39 is 12.1 Å². The van der Waals surface area contributed by atoms with Gasteiger partial charge in [0.15, 0.2) is 0 Å². The number of benzene rings is 1. The van der Waals surface area contributed by atoms with Crippen molar-refractivity contribution in [3.63, 3.8) is 0 Å². The Balaban J connectivity index is 0.000000360. The fraction of sp³-hybridized carbons (Fsp3) is 0.318. The summed E-state index contributed by atoms with van der Waals surface area (Å²) in [5, 5.41) is 8.18. The normalized spacial score (nSPS) is 18.3. The van der Waals surface area contributed by atoms with Crippen LogP contribution in [0.25, 0.3) is 10.9 Å². The van der Waals surface area contributed by atoms with Crippen molar-refractivity contribution in [1.82, 2.24) is 14.9 Å². The first kappa shape index (κ1) is 23.3. The number of carbonyl (C=O) groups is 2. The number of hydrogen-bond acceptors (Lipinski definition) is 4. The van der Waals surface area contributed by atoms with Crippen molar-refractivity contribution >= 4 is 22.8 Å². The molecule has 1 fully saturated rings. The van der Waals surface area contributed by atoms with E-state index in [1.165, 1.54) is 0 Å². The number of nitrogens with one attached hydrogen (secondary N) is 1. The summed E-state index contributed by atoms with van der Waals surface area (Å²) in [5.41, 5.74) is 2.88. The van der Waals surface area contributed by atoms with Crippen LogP contribution in [0.1, 0.15) is 22.3 Å². The molecular formula is C22H22F3N3O4. The highest BCUT2D eigenvalue weighted by molar-refractivity contribution is 5.98. The molecule has 1 amide bonds. The van der Waals surface area contributed by atoms with Crippen molar-refractivity contribution in [3.8, 4) is 0 Å². The SMILES string of the molecule is CO[C@@H]1CCN(C(=O)c2ccc3[nH]ccc3c2)[C@H]1Cc1cccnc1.O=C(O)C(F)(F)F. The van der Waals surface area contributed by atoms with E-state index in [1.54, 1.807) is 13.3 Å². The van der Waals surface area contributed by atoms with Crippen molar-refractivity contribution in [2.75, 3.05) is 13.7 Å². The Bertz CT molecular complexity index is 1070. The average molecular weight is 449 g/mol. The molecule has 0 aliphatic carbocycles. The molecule has 7 nitrogen and oxygen atoms in total. The Morgan fingerprint density at radius 3 is 2.66 bits per heavy atom. The van der Waals surface area contributed by atoms with E-state index in [1.807, 2.05) is 53.7 Å². The summed E-state index contributed by atoms with van der Waals surface area (Å²) in [7, 11) is 1.72. The molecule has 3 aromatic rings. The van der Waals surface area contributed by atoms with Crippen LogP contribution in [-0.2, 0) is 16.0 Å². The second kappa shape index (κ2) is 9.82. The molecule has 1 saturated heterocycles. The molecule has 0 spiro atoms. The molecule has 2 atom stereocenters. The average Bonchev–Trinajstić information content (AvgIpc) is 3.40. The summed E-state index contributed by atoms with van der Waals surface area (Å²) >= 11 is 0. The molecule has 0 unspecified atom stereocenters. The Morgan fingerprint density at radius 1 is 1.28 bits per heavy atom. The second-order valence-electron chi connectivity index (χ2n) is 7.28. The number of nitrogens with zero attached hydrogens (tertiary/aromatic N) is 2. The zero-order chi connectivity index (χ0) is 23.3. The van der Waals surface area contributed by atoms with Gasteiger partial charge in [0.25, 0.3) is 5.91 Å². The predicted molar refractivity (Wildman–Crippen MR) is 110 cm³/mol. The molecule has 2 aromatic heterocycles. The van der Waals surface area contributed by atoms with Crippen LogP contribution in [-0.4, -0.2) is 63.8 Å². The number of ether oxygens (including phenoxy) is 1. The van der Waals surface area contributed by atoms with Gasteiger partial charge < -0.3 is 19.7 Å². The number of halogens is 3. The molecule has 32 heavy (non-hydrogen) atoms. The molecule has 1 aliphatic heterocycles. The number of alkyl halides is 3. The number of aromatic nitrogens is 2. The van der Waals surface area contributed by atoms with Crippen molar-refractivity contribution in [2.45, 2.75) is 31.2 Å². The van der Waals surface area contributed by atoms with Gasteiger partial charge in [-0.3, -0.25) is 9.78 Å². The lowest BCUT2D eigenvalue weighted by molar-refractivity contribution is -0.192. The Morgan fingerprint density at radius 2 is 2.03 bits per heavy atom. The van der Waals surface area contributed by atoms with Gasteiger partial charge in [0, 0.05) is 48.7 Å². The van der Waals surface area contributed by atoms with Crippen molar-refractivity contribution in [2.24, 2.45) is 0 Å². The molecule has 10 heteroatoms. The summed E-state index contributed by atoms with van der Waals surface area (Å²) < 4.78 is 37.4. The summed E-state index contributed by atoms with van der Waals surface area (Å²) in [5.74, 6) is -2.69. The van der Waals surface area contributed by atoms with Gasteiger partial charge in [0.1, 0.15) is 0 Å². The molecular weight excluding hydrogens is 427 g/mol. The van der Waals surface area contributed by atoms with E-state index in [4.69, 9.17) is 14.6 Å². The van der Waals surface area contributed by atoms with Gasteiger partial charge in [-0.2, -0.15) is 13.2 Å². The van der Waals surface area contributed by atoms with Crippen LogP contribution >= 0.6 is 0 Å². The molecule has 0 saturated carbocycles. The predicted octanol–water partition coefficient (Wildman–Crippen LogP) is 3.67. The number of pyridine rings is 1. The van der Waals surface area contributed by atoms with E-state index in [0.29, 0.717) is 6.54 Å². The number of aromatic amines is 1. The molecule has 1 aliphatic rings. The fourth-order valence-corrected chi connectivity index (χ4v) is 3.71. The number of hydrogen-bond donors (Lipinski definition) is 2. The third-order valence-electron chi connectivity index (χ3n) is 5.26. The van der Waals surface area contributed by atoms with Crippen LogP contribution < -0.4 is 0 Å². The third kappa shape index (κ3) is 5.44. The number of rotatable bonds is 4. The number of carbonyl (C=O) groups excluding carboxylic acids is 1. The van der Waals surface area contributed by atoms with E-state index in [0.717, 1.165) is 34.9 Å². The summed E-state index contributed by atoms with van der Waals surface area (Å²) in [6.45, 7) is 0.716. The molecule has 0 bridgehead atoms. The van der Waals surface area contributed by atoms with Gasteiger partial charge in [-0.05, 0) is 48.7 Å². The van der Waals surface area contributed by atoms with Crippen LogP contribution in [0, 0.1) is 0 Å². The summed E-state index contributed by atoms with van der Waals surface area (Å²) in [4.78, 5) is 31.3. The number of likely N-dealkylation sites (tertiary alicyclic amines) is 1. The Hall–Kier alpha value is -3.40. The van der Waals surface area contributed by atoms with Gasteiger partial charge in [-0.1, -0.05) is 6.07 Å². The van der Waals surface area contributed by atoms with Crippen molar-refractivity contribution < 1.29 is 32.6 Å². The maximum Gasteiger partial charge on any atom is 0.490 e. The Kier molecular flexibility index (Phi) is 7.14. The van der Waals surface area contributed by atoms with E-state index >= 15 is 0 Å². The Labute approximate surface area is 181 Å². The first-order valence-corrected chi connectivity index (χ1v) is 9.80. The maximum absolute atomic E-state index is 13.1. The number of carboxylic acids is 1. The minimum absolute atomic E-state index is 0.0311. The number of methoxy groups -OCH3 is 1. The molecule has 4 rings (SSSR count). The van der Waals surface area contributed by atoms with Crippen LogP contribution in [0.15, 0.2) is 55.0 Å². The van der Waals surface area contributed by atoms with Gasteiger partial charge in [0.05, 0.1) is 12.1 Å². The van der Waals surface area contributed by atoms with Gasteiger partial charge in [0.2, 0.25) is 0 Å². The van der Waals surface area contributed by atoms with Gasteiger partial charge in [-0.15, -0.1) is 0 Å². The van der Waals surface area contributed by atoms with Crippen molar-refractivity contribution in [3.05, 3.63) is 66.1 Å². The topological polar surface area (TPSA) is 95.5 Å². The highest BCUT2D eigenvalue weighted by atomic mass is 19.4. The first-order chi connectivity index (χ1) is 15.2. The van der Waals surface area contributed by atoms with E-state index in [-0.39, 0.29) is 18.1 Å². The number of H-pyrrole nitrogens is 1. The summed E-state index contributed by atoms with van der Waals surface area (Å²) in [6, 6.07) is 11.8. The summed E-state index contributed by atoms with van der Waals surface area (Å²) in [6.07, 6.45) is 2.10. The smallest absolute Gasteiger partial charge is 0.475 e. The highest BCUT2D eigenvalue weighted by Crippen LogP contribution is 2.26. The minimum atomic E-state index is -5.08. The molecule has 0 radical (unpaired) electrons. The van der Waals surface area contributed by atoms with Crippen molar-refractivity contribution in [1.29, 1.82) is 0 Å². The van der Waals surface area contributed by atoms with Crippen LogP contribution in [0.4, 0.5) is 13.2 Å². The number of aliphatic carboxylic acids is 1. The lowest BCUT2D eigenvalue weighted by Gasteiger charge is -2.28. The third-order valence-corrected chi connectivity index (χ3v) is 5.26. The maximum atomic E-state index is 13.1. The number of amides is 1. The lowest BCUT2D eigenvalue weighted by Crippen LogP contribution is -2.41. The molecule has 170 valence electrons. The van der Waals surface area contributed by atoms with Crippen LogP contribution in [0.3, 0.4) is 0 Å². The number of fused-ring (bicyclic) bond motifs is 1. The quantitative estimate of drug-likeness (QED) is 0.634.